The highest BCUT2D eigenvalue weighted by Gasteiger charge is 2.26. The summed E-state index contributed by atoms with van der Waals surface area (Å²) in [6.07, 6.45) is 2.78. The first-order valence-electron chi connectivity index (χ1n) is 7.35. The molecule has 0 fully saturated rings. The maximum atomic E-state index is 13.7. The number of aromatic nitrogens is 2. The third kappa shape index (κ3) is 3.17. The van der Waals surface area contributed by atoms with Crippen LogP contribution in [0.25, 0.3) is 0 Å². The van der Waals surface area contributed by atoms with E-state index in [1.807, 2.05) is 4.68 Å². The van der Waals surface area contributed by atoms with Gasteiger partial charge >= 0.3 is 5.97 Å². The highest BCUT2D eigenvalue weighted by atomic mass is 35.5. The van der Waals surface area contributed by atoms with E-state index in [1.165, 1.54) is 25.3 Å². The van der Waals surface area contributed by atoms with Crippen LogP contribution in [-0.4, -0.2) is 22.9 Å². The molecule has 0 radical (unpaired) electrons. The van der Waals surface area contributed by atoms with Gasteiger partial charge in [0, 0.05) is 17.6 Å². The van der Waals surface area contributed by atoms with Crippen molar-refractivity contribution in [1.29, 1.82) is 0 Å². The Kier molecular flexibility index (Phi) is 4.52. The molecule has 0 saturated carbocycles. The van der Waals surface area contributed by atoms with Gasteiger partial charge in [-0.3, -0.25) is 4.68 Å². The summed E-state index contributed by atoms with van der Waals surface area (Å²) in [5, 5.41) is 4.80. The quantitative estimate of drug-likeness (QED) is 0.802. The van der Waals surface area contributed by atoms with Crippen molar-refractivity contribution in [2.75, 3.05) is 7.11 Å². The van der Waals surface area contributed by atoms with E-state index in [4.69, 9.17) is 21.1 Å². The molecule has 23 heavy (non-hydrogen) atoms. The van der Waals surface area contributed by atoms with Crippen molar-refractivity contribution in [1.82, 2.24) is 9.78 Å². The van der Waals surface area contributed by atoms with Crippen molar-refractivity contribution in [3.8, 4) is 5.75 Å². The number of carbonyl (C=O) groups excluding carboxylic acids is 1. The molecule has 0 atom stereocenters. The number of methoxy groups -OCH3 is 1. The van der Waals surface area contributed by atoms with Crippen molar-refractivity contribution >= 4 is 17.6 Å². The molecule has 3 rings (SSSR count). The first-order valence-corrected chi connectivity index (χ1v) is 7.72. The van der Waals surface area contributed by atoms with E-state index < -0.39 is 11.8 Å². The van der Waals surface area contributed by atoms with Crippen molar-refractivity contribution in [2.45, 2.75) is 32.4 Å². The molecule has 0 unspecified atom stereocenters. The van der Waals surface area contributed by atoms with Crippen molar-refractivity contribution in [3.05, 3.63) is 46.0 Å². The van der Waals surface area contributed by atoms with Gasteiger partial charge in [0.25, 0.3) is 0 Å². The second kappa shape index (κ2) is 6.58. The maximum absolute atomic E-state index is 13.7. The SMILES string of the molecule is COC(=O)c1c(COc2cc(Cl)ccc2F)nn2c1CCCC2. The molecule has 0 bridgehead atoms. The predicted octanol–water partition coefficient (Wildman–Crippen LogP) is 3.38. The van der Waals surface area contributed by atoms with E-state index >= 15 is 0 Å². The highest BCUT2D eigenvalue weighted by molar-refractivity contribution is 6.30. The lowest BCUT2D eigenvalue weighted by molar-refractivity contribution is 0.0596. The molecule has 0 N–H and O–H groups in total. The Morgan fingerprint density at radius 1 is 1.43 bits per heavy atom. The lowest BCUT2D eigenvalue weighted by atomic mass is 10.1. The minimum atomic E-state index is -0.516. The minimum Gasteiger partial charge on any atom is -0.484 e. The van der Waals surface area contributed by atoms with E-state index in [0.717, 1.165) is 31.5 Å². The van der Waals surface area contributed by atoms with Gasteiger partial charge in [-0.25, -0.2) is 9.18 Å². The van der Waals surface area contributed by atoms with Gasteiger partial charge in [-0.1, -0.05) is 11.6 Å². The predicted molar refractivity (Wildman–Crippen MR) is 82.2 cm³/mol. The number of esters is 1. The van der Waals surface area contributed by atoms with Gasteiger partial charge in [0.05, 0.1) is 12.8 Å². The Morgan fingerprint density at radius 3 is 3.04 bits per heavy atom. The summed E-state index contributed by atoms with van der Waals surface area (Å²) in [6, 6.07) is 4.07. The first-order chi connectivity index (χ1) is 11.1. The summed E-state index contributed by atoms with van der Waals surface area (Å²) in [7, 11) is 1.33. The summed E-state index contributed by atoms with van der Waals surface area (Å²) in [6.45, 7) is 0.729. The fourth-order valence-electron chi connectivity index (χ4n) is 2.72. The number of hydrogen-bond donors (Lipinski definition) is 0. The topological polar surface area (TPSA) is 53.4 Å². The first kappa shape index (κ1) is 15.8. The molecule has 1 aliphatic rings. The molecule has 0 spiro atoms. The van der Waals surface area contributed by atoms with Crippen LogP contribution in [0.3, 0.4) is 0 Å². The van der Waals surface area contributed by atoms with Crippen molar-refractivity contribution in [3.63, 3.8) is 0 Å². The second-order valence-corrected chi connectivity index (χ2v) is 5.74. The third-order valence-corrected chi connectivity index (χ3v) is 4.05. The number of rotatable bonds is 4. The molecule has 1 aliphatic heterocycles. The zero-order valence-corrected chi connectivity index (χ0v) is 13.4. The Labute approximate surface area is 138 Å². The number of halogens is 2. The number of carbonyl (C=O) groups is 1. The van der Waals surface area contributed by atoms with E-state index in [9.17, 15) is 9.18 Å². The molecule has 1 aromatic heterocycles. The smallest absolute Gasteiger partial charge is 0.341 e. The number of hydrogen-bond acceptors (Lipinski definition) is 4. The summed E-state index contributed by atoms with van der Waals surface area (Å²) in [5.41, 5.74) is 1.73. The molecule has 1 aromatic carbocycles. The van der Waals surface area contributed by atoms with Crippen LogP contribution in [0.2, 0.25) is 5.02 Å². The van der Waals surface area contributed by atoms with Gasteiger partial charge in [-0.2, -0.15) is 5.10 Å². The van der Waals surface area contributed by atoms with Gasteiger partial charge in [0.1, 0.15) is 17.9 Å². The average Bonchev–Trinajstić information content (AvgIpc) is 2.93. The molecule has 0 saturated heterocycles. The van der Waals surface area contributed by atoms with E-state index in [1.54, 1.807) is 0 Å². The summed E-state index contributed by atoms with van der Waals surface area (Å²) >= 11 is 5.84. The van der Waals surface area contributed by atoms with Crippen LogP contribution in [0, 0.1) is 5.82 Å². The number of ether oxygens (including phenoxy) is 2. The van der Waals surface area contributed by atoms with Crippen LogP contribution in [0.15, 0.2) is 18.2 Å². The summed E-state index contributed by atoms with van der Waals surface area (Å²) in [5.74, 6) is -0.935. The summed E-state index contributed by atoms with van der Waals surface area (Å²) in [4.78, 5) is 12.1. The molecule has 0 amide bonds. The fraction of sp³-hybridized carbons (Fsp3) is 0.375. The molecule has 2 heterocycles. The lowest BCUT2D eigenvalue weighted by Gasteiger charge is -2.13. The average molecular weight is 339 g/mol. The van der Waals surface area contributed by atoms with Crippen molar-refractivity contribution < 1.29 is 18.7 Å². The van der Waals surface area contributed by atoms with Crippen LogP contribution >= 0.6 is 11.6 Å². The van der Waals surface area contributed by atoms with Crippen LogP contribution in [0.4, 0.5) is 4.39 Å². The molecule has 5 nitrogen and oxygen atoms in total. The lowest BCUT2D eigenvalue weighted by Crippen LogP contribution is -2.14. The standard InChI is InChI=1S/C16H16ClFN2O3/c1-22-16(21)15-12(19-20-7-3-2-4-13(15)20)9-23-14-8-10(17)5-6-11(14)18/h5-6,8H,2-4,7,9H2,1H3. The molecule has 2 aromatic rings. The van der Waals surface area contributed by atoms with Crippen LogP contribution in [0.1, 0.15) is 34.6 Å². The Hall–Kier alpha value is -2.08. The third-order valence-electron chi connectivity index (χ3n) is 3.81. The minimum absolute atomic E-state index is 0.0261. The van der Waals surface area contributed by atoms with Crippen molar-refractivity contribution in [2.24, 2.45) is 0 Å². The number of benzene rings is 1. The van der Waals surface area contributed by atoms with E-state index in [2.05, 4.69) is 5.10 Å². The largest absolute Gasteiger partial charge is 0.484 e. The van der Waals surface area contributed by atoms with Gasteiger partial charge in [0.2, 0.25) is 0 Å². The Bertz CT molecular complexity index is 745. The monoisotopic (exact) mass is 338 g/mol. The zero-order chi connectivity index (χ0) is 16.4. The van der Waals surface area contributed by atoms with Crippen LogP contribution in [-0.2, 0) is 24.3 Å². The molecular weight excluding hydrogens is 323 g/mol. The Morgan fingerprint density at radius 2 is 2.26 bits per heavy atom. The fourth-order valence-corrected chi connectivity index (χ4v) is 2.88. The Balaban J connectivity index is 1.89. The number of nitrogens with zero attached hydrogens (tertiary/aromatic N) is 2. The normalized spacial score (nSPS) is 13.5. The van der Waals surface area contributed by atoms with E-state index in [-0.39, 0.29) is 12.4 Å². The molecular formula is C16H16ClFN2O3. The number of fused-ring (bicyclic) bond motifs is 1. The molecule has 0 aliphatic carbocycles. The van der Waals surface area contributed by atoms with Gasteiger partial charge in [-0.05, 0) is 31.4 Å². The van der Waals surface area contributed by atoms with Gasteiger partial charge < -0.3 is 9.47 Å². The van der Waals surface area contributed by atoms with E-state index in [0.29, 0.717) is 16.3 Å². The number of aryl methyl sites for hydroxylation is 1. The molecule has 122 valence electrons. The van der Waals surface area contributed by atoms with Crippen LogP contribution < -0.4 is 4.74 Å². The van der Waals surface area contributed by atoms with Gasteiger partial charge in [0.15, 0.2) is 11.6 Å². The van der Waals surface area contributed by atoms with Crippen LogP contribution in [0.5, 0.6) is 5.75 Å². The highest BCUT2D eigenvalue weighted by Crippen LogP contribution is 2.26. The van der Waals surface area contributed by atoms with Gasteiger partial charge in [-0.15, -0.1) is 0 Å². The summed E-state index contributed by atoms with van der Waals surface area (Å²) < 4.78 is 25.9. The second-order valence-electron chi connectivity index (χ2n) is 5.30. The zero-order valence-electron chi connectivity index (χ0n) is 12.6. The maximum Gasteiger partial charge on any atom is 0.341 e. The molecule has 7 heteroatoms.